The van der Waals surface area contributed by atoms with Crippen LogP contribution in [0.15, 0.2) is 17.4 Å². The molecule has 0 saturated carbocycles. The number of halogens is 2. The molecule has 6 heterocycles. The number of rotatable bonds is 10. The van der Waals surface area contributed by atoms with E-state index in [1.165, 1.54) is 0 Å². The normalized spacial score (nSPS) is 30.7. The number of fused-ring (bicyclic) bond motifs is 2. The number of nitrogens with two attached hydrogens (primary N) is 2. The average Bonchev–Trinajstić information content (AvgIpc) is 3.73. The summed E-state index contributed by atoms with van der Waals surface area (Å²) in [6.07, 6.45) is -11.2. The van der Waals surface area contributed by atoms with Gasteiger partial charge in [-0.3, -0.25) is 18.9 Å². The van der Waals surface area contributed by atoms with Gasteiger partial charge in [-0.15, -0.1) is 5.10 Å². The fourth-order valence-electron chi connectivity index (χ4n) is 4.79. The van der Waals surface area contributed by atoms with E-state index in [4.69, 9.17) is 46.3 Å². The van der Waals surface area contributed by atoms with Crippen LogP contribution in [0.3, 0.4) is 0 Å². The van der Waals surface area contributed by atoms with E-state index in [1.54, 1.807) is 0 Å². The smallest absolute Gasteiger partial charge is 0.325 e. The third kappa shape index (κ3) is 6.21. The Morgan fingerprint density at radius 1 is 1.11 bits per heavy atom. The summed E-state index contributed by atoms with van der Waals surface area (Å²) in [5.41, 5.74) is 10.6. The molecule has 0 bridgehead atoms. The van der Waals surface area contributed by atoms with E-state index in [0.29, 0.717) is 0 Å². The van der Waals surface area contributed by atoms with Crippen LogP contribution in [-0.4, -0.2) is 109 Å². The molecule has 20 nitrogen and oxygen atoms in total. The second-order valence-electron chi connectivity index (χ2n) is 9.66. The van der Waals surface area contributed by atoms with Gasteiger partial charge in [-0.2, -0.15) is 9.67 Å². The molecule has 0 aliphatic carbocycles. The third-order valence-corrected chi connectivity index (χ3v) is 9.17. The van der Waals surface area contributed by atoms with Crippen molar-refractivity contribution in [1.82, 2.24) is 44.5 Å². The molecule has 8 N–H and O–H groups in total. The zero-order chi connectivity index (χ0) is 32.2. The molecule has 2 fully saturated rings. The largest absolute Gasteiger partial charge is 0.387 e. The summed E-state index contributed by atoms with van der Waals surface area (Å²) < 4.78 is 60.1. The van der Waals surface area contributed by atoms with Crippen molar-refractivity contribution in [3.8, 4) is 0 Å². The standard InChI is InChI=1S/C19H23F2N11O9P2S2/c20-7-5(1-37-42(35)44)39-18(31-4-26-10-15(31)27-19(23)28-16(10)34)12(7)41-43(36,45)38-2-6-11(33)8(21)17(40-6)32-14-9(29-30-32)13(22)24-3-25-14/h3-8,11-12,17-18,33,42H,1-2H2,(H,35,44)(H,36,45)(H2,22,24,25)(H3,23,27,28,34)/t5-,6-,7-,8+,11-,12-,17-,18-,43?/m1/s1. The highest BCUT2D eigenvalue weighted by molar-refractivity contribution is 8.07. The van der Waals surface area contributed by atoms with Gasteiger partial charge in [-0.05, 0) is 23.6 Å². The lowest BCUT2D eigenvalue weighted by molar-refractivity contribution is -0.0566. The molecule has 4 aromatic heterocycles. The summed E-state index contributed by atoms with van der Waals surface area (Å²) in [5.74, 6) is -0.283. The van der Waals surface area contributed by atoms with Crippen LogP contribution in [-0.2, 0) is 46.7 Å². The Morgan fingerprint density at radius 3 is 2.62 bits per heavy atom. The summed E-state index contributed by atoms with van der Waals surface area (Å²) in [7, 11) is -2.65. The first kappa shape index (κ1) is 32.2. The van der Waals surface area contributed by atoms with Gasteiger partial charge in [0, 0.05) is 0 Å². The topological polar surface area (TPSA) is 279 Å². The molecular formula is C19H23F2N11O9P2S2. The summed E-state index contributed by atoms with van der Waals surface area (Å²) in [4.78, 5) is 50.6. The first-order valence-corrected chi connectivity index (χ1v) is 17.7. The fourth-order valence-corrected chi connectivity index (χ4v) is 6.71. The maximum Gasteiger partial charge on any atom is 0.325 e. The van der Waals surface area contributed by atoms with Gasteiger partial charge < -0.3 is 44.9 Å². The molecule has 2 aliphatic heterocycles. The van der Waals surface area contributed by atoms with Crippen molar-refractivity contribution in [2.24, 2.45) is 0 Å². The number of nitrogens with zero attached hydrogens (tertiary/aromatic N) is 8. The average molecular weight is 714 g/mol. The van der Waals surface area contributed by atoms with Gasteiger partial charge in [0.15, 0.2) is 60.1 Å². The molecule has 2 saturated heterocycles. The lowest BCUT2D eigenvalue weighted by Gasteiger charge is -2.26. The minimum Gasteiger partial charge on any atom is -0.387 e. The number of aliphatic hydroxyl groups is 1. The number of H-pyrrole nitrogens is 1. The Hall–Kier alpha value is -2.73. The van der Waals surface area contributed by atoms with E-state index in [2.05, 4.69) is 47.0 Å². The number of ether oxygens (including phenoxy) is 2. The van der Waals surface area contributed by atoms with Crippen molar-refractivity contribution < 1.29 is 46.7 Å². The lowest BCUT2D eigenvalue weighted by Crippen LogP contribution is -2.33. The Balaban J connectivity index is 1.20. The molecule has 26 heteroatoms. The van der Waals surface area contributed by atoms with Gasteiger partial charge in [0.25, 0.3) is 5.56 Å². The number of anilines is 2. The molecule has 6 rings (SSSR count). The number of aromatic nitrogens is 9. The van der Waals surface area contributed by atoms with Crippen molar-refractivity contribution in [3.05, 3.63) is 23.0 Å². The van der Waals surface area contributed by atoms with Crippen molar-refractivity contribution in [1.29, 1.82) is 0 Å². The van der Waals surface area contributed by atoms with Crippen LogP contribution in [0.4, 0.5) is 20.5 Å². The van der Waals surface area contributed by atoms with Crippen LogP contribution in [0.5, 0.6) is 0 Å². The lowest BCUT2D eigenvalue weighted by atomic mass is 10.1. The molecule has 0 aromatic carbocycles. The zero-order valence-corrected chi connectivity index (χ0v) is 25.8. The number of hydrogen-bond donors (Lipinski definition) is 6. The molecule has 0 radical (unpaired) electrons. The second-order valence-corrected chi connectivity index (χ2v) is 14.3. The van der Waals surface area contributed by atoms with Crippen molar-refractivity contribution in [2.45, 2.75) is 49.2 Å². The highest BCUT2D eigenvalue weighted by Crippen LogP contribution is 2.51. The van der Waals surface area contributed by atoms with E-state index in [9.17, 15) is 19.7 Å². The Labute approximate surface area is 259 Å². The van der Waals surface area contributed by atoms with Crippen LogP contribution in [0.25, 0.3) is 22.3 Å². The van der Waals surface area contributed by atoms with Crippen molar-refractivity contribution in [2.75, 3.05) is 24.7 Å². The van der Waals surface area contributed by atoms with Crippen molar-refractivity contribution in [3.63, 3.8) is 0 Å². The fraction of sp³-hybridized carbons (Fsp3) is 0.526. The van der Waals surface area contributed by atoms with Gasteiger partial charge in [-0.1, -0.05) is 5.21 Å². The number of nitrogen functional groups attached to an aromatic ring is 2. The number of imidazole rings is 1. The first-order valence-electron chi connectivity index (χ1n) is 12.7. The quantitative estimate of drug-likeness (QED) is 0.102. The van der Waals surface area contributed by atoms with Gasteiger partial charge >= 0.3 is 6.72 Å². The third-order valence-electron chi connectivity index (χ3n) is 6.84. The summed E-state index contributed by atoms with van der Waals surface area (Å²) in [6.45, 7) is -5.61. The monoisotopic (exact) mass is 713 g/mol. The molecule has 2 unspecified atom stereocenters. The number of aromatic amines is 1. The van der Waals surface area contributed by atoms with E-state index in [-0.39, 0.29) is 34.1 Å². The first-order chi connectivity index (χ1) is 21.3. The number of hydrogen-bond acceptors (Lipinski definition) is 17. The number of aliphatic hydroxyl groups excluding tert-OH is 1. The maximum atomic E-state index is 15.7. The summed E-state index contributed by atoms with van der Waals surface area (Å²) >= 11 is 9.74. The van der Waals surface area contributed by atoms with Crippen LogP contribution >= 0.6 is 13.9 Å². The van der Waals surface area contributed by atoms with Crippen LogP contribution in [0.1, 0.15) is 12.5 Å². The predicted octanol–water partition coefficient (Wildman–Crippen LogP) is -1.52. The van der Waals surface area contributed by atoms with Gasteiger partial charge in [0.05, 0.1) is 19.5 Å². The Bertz CT molecular complexity index is 1870. The SMILES string of the molecule is Nc1nc2c(ncn2[C@@H]2O[C@H](CO[PH](O)=S)[C@@H](F)[C@H]2OP(O)(=S)OC[C@H]2O[C@@H](n3nnc4c(N)ncnc43)[C@@H](F)[C@@H]2O)c(=O)[nH]1. The Kier molecular flexibility index (Phi) is 8.93. The molecule has 2 aliphatic rings. The van der Waals surface area contributed by atoms with Crippen LogP contribution < -0.4 is 17.0 Å². The van der Waals surface area contributed by atoms with E-state index < -0.39 is 81.9 Å². The highest BCUT2D eigenvalue weighted by Gasteiger charge is 2.51. The molecule has 45 heavy (non-hydrogen) atoms. The van der Waals surface area contributed by atoms with Crippen molar-refractivity contribution >= 4 is 71.6 Å². The molecule has 0 spiro atoms. The van der Waals surface area contributed by atoms with E-state index >= 15 is 8.78 Å². The number of nitrogens with one attached hydrogen (secondary N) is 1. The van der Waals surface area contributed by atoms with Crippen LogP contribution in [0.2, 0.25) is 0 Å². The molecule has 0 amide bonds. The zero-order valence-electron chi connectivity index (χ0n) is 22.2. The van der Waals surface area contributed by atoms with E-state index in [1.807, 2.05) is 0 Å². The van der Waals surface area contributed by atoms with Gasteiger partial charge in [0.1, 0.15) is 30.7 Å². The molecule has 10 atom stereocenters. The summed E-state index contributed by atoms with van der Waals surface area (Å²) in [5, 5.41) is 18.1. The number of alkyl halides is 2. The van der Waals surface area contributed by atoms with Gasteiger partial charge in [0.2, 0.25) is 5.95 Å². The molecule has 4 aromatic rings. The molecular weight excluding hydrogens is 690 g/mol. The second kappa shape index (κ2) is 12.5. The Morgan fingerprint density at radius 2 is 1.87 bits per heavy atom. The minimum absolute atomic E-state index is 0.0102. The minimum atomic E-state index is -4.41. The van der Waals surface area contributed by atoms with Gasteiger partial charge in [-0.25, -0.2) is 23.7 Å². The predicted molar refractivity (Wildman–Crippen MR) is 155 cm³/mol. The molecule has 244 valence electrons. The maximum absolute atomic E-state index is 15.7. The summed E-state index contributed by atoms with van der Waals surface area (Å²) in [6, 6.07) is 0. The van der Waals surface area contributed by atoms with E-state index in [0.717, 1.165) is 21.9 Å². The highest BCUT2D eigenvalue weighted by atomic mass is 32.5. The van der Waals surface area contributed by atoms with Crippen LogP contribution in [0, 0.1) is 0 Å².